The number of carbonyl (C=O) groups excluding carboxylic acids is 1. The predicted molar refractivity (Wildman–Crippen MR) is 83.6 cm³/mol. The molecule has 2 atom stereocenters. The standard InChI is InChI=1S/C16H19FN2O3S/c17-12-3-1-6-15(11-12)23(21,22)18-10-9-16(20)19-13-4-2-5-14(19)8-7-13/h1-4,6,11,13-14,18H,5,7-10H2. The molecular formula is C16H19FN2O3S. The Morgan fingerprint density at radius 3 is 2.91 bits per heavy atom. The van der Waals surface area contributed by atoms with Crippen molar-refractivity contribution in [3.8, 4) is 0 Å². The molecule has 2 aliphatic rings. The summed E-state index contributed by atoms with van der Waals surface area (Å²) < 4.78 is 39.6. The number of fused-ring (bicyclic) bond motifs is 2. The molecule has 0 aromatic heterocycles. The van der Waals surface area contributed by atoms with E-state index in [1.165, 1.54) is 18.2 Å². The minimum atomic E-state index is -3.80. The van der Waals surface area contributed by atoms with Gasteiger partial charge in [-0.15, -0.1) is 0 Å². The highest BCUT2D eigenvalue weighted by Gasteiger charge is 2.36. The fourth-order valence-corrected chi connectivity index (χ4v) is 4.32. The van der Waals surface area contributed by atoms with Crippen LogP contribution in [0.25, 0.3) is 0 Å². The van der Waals surface area contributed by atoms with E-state index in [0.717, 1.165) is 25.3 Å². The van der Waals surface area contributed by atoms with E-state index in [9.17, 15) is 17.6 Å². The molecule has 0 radical (unpaired) electrons. The number of benzene rings is 1. The molecule has 2 heterocycles. The van der Waals surface area contributed by atoms with Gasteiger partial charge < -0.3 is 4.90 Å². The number of hydrogen-bond donors (Lipinski definition) is 1. The van der Waals surface area contributed by atoms with Crippen LogP contribution < -0.4 is 4.72 Å². The largest absolute Gasteiger partial charge is 0.333 e. The first-order chi connectivity index (χ1) is 11.0. The molecule has 0 saturated carbocycles. The topological polar surface area (TPSA) is 66.5 Å². The molecule has 23 heavy (non-hydrogen) atoms. The fourth-order valence-electron chi connectivity index (χ4n) is 3.25. The summed E-state index contributed by atoms with van der Waals surface area (Å²) in [7, 11) is -3.80. The van der Waals surface area contributed by atoms with Gasteiger partial charge in [0.1, 0.15) is 5.82 Å². The molecule has 0 spiro atoms. The third-order valence-electron chi connectivity index (χ3n) is 4.34. The fraction of sp³-hybridized carbons (Fsp3) is 0.438. The van der Waals surface area contributed by atoms with Crippen LogP contribution in [0.15, 0.2) is 41.3 Å². The minimum absolute atomic E-state index is 0.0112. The van der Waals surface area contributed by atoms with E-state index in [2.05, 4.69) is 16.9 Å². The third-order valence-corrected chi connectivity index (χ3v) is 5.80. The van der Waals surface area contributed by atoms with Gasteiger partial charge in [-0.2, -0.15) is 0 Å². The zero-order valence-electron chi connectivity index (χ0n) is 12.6. The van der Waals surface area contributed by atoms with Gasteiger partial charge >= 0.3 is 0 Å². The first kappa shape index (κ1) is 16.1. The molecular weight excluding hydrogens is 319 g/mol. The maximum atomic E-state index is 13.1. The van der Waals surface area contributed by atoms with E-state index in [1.807, 2.05) is 4.90 Å². The van der Waals surface area contributed by atoms with Crippen LogP contribution in [0.1, 0.15) is 25.7 Å². The van der Waals surface area contributed by atoms with Crippen LogP contribution in [0.5, 0.6) is 0 Å². The number of nitrogens with one attached hydrogen (secondary N) is 1. The van der Waals surface area contributed by atoms with Crippen LogP contribution in [0.2, 0.25) is 0 Å². The Morgan fingerprint density at radius 2 is 2.17 bits per heavy atom. The average Bonchev–Trinajstić information content (AvgIpc) is 2.76. The van der Waals surface area contributed by atoms with Gasteiger partial charge in [0, 0.05) is 19.0 Å². The van der Waals surface area contributed by atoms with Crippen LogP contribution in [-0.4, -0.2) is 37.9 Å². The van der Waals surface area contributed by atoms with Gasteiger partial charge in [0.05, 0.1) is 10.9 Å². The summed E-state index contributed by atoms with van der Waals surface area (Å²) in [6, 6.07) is 5.20. The van der Waals surface area contributed by atoms with Crippen LogP contribution in [0.4, 0.5) is 4.39 Å². The minimum Gasteiger partial charge on any atom is -0.333 e. The van der Waals surface area contributed by atoms with Crippen LogP contribution in [0, 0.1) is 5.82 Å². The molecule has 1 saturated heterocycles. The second-order valence-corrected chi connectivity index (χ2v) is 7.64. The van der Waals surface area contributed by atoms with Gasteiger partial charge in [0.2, 0.25) is 15.9 Å². The molecule has 2 bridgehead atoms. The molecule has 124 valence electrons. The van der Waals surface area contributed by atoms with E-state index in [4.69, 9.17) is 0 Å². The lowest BCUT2D eigenvalue weighted by molar-refractivity contribution is -0.133. The van der Waals surface area contributed by atoms with E-state index >= 15 is 0 Å². The van der Waals surface area contributed by atoms with Crippen molar-refractivity contribution >= 4 is 15.9 Å². The molecule has 5 nitrogen and oxygen atoms in total. The maximum absolute atomic E-state index is 13.1. The van der Waals surface area contributed by atoms with Crippen LogP contribution >= 0.6 is 0 Å². The summed E-state index contributed by atoms with van der Waals surface area (Å²) in [6.07, 6.45) is 7.12. The van der Waals surface area contributed by atoms with Gasteiger partial charge in [-0.25, -0.2) is 17.5 Å². The molecule has 1 fully saturated rings. The molecule has 1 aromatic rings. The molecule has 1 amide bonds. The second-order valence-electron chi connectivity index (χ2n) is 5.87. The lowest BCUT2D eigenvalue weighted by atomic mass is 10.1. The predicted octanol–water partition coefficient (Wildman–Crippen LogP) is 1.81. The molecule has 1 aromatic carbocycles. The number of rotatable bonds is 5. The van der Waals surface area contributed by atoms with Crippen molar-refractivity contribution in [3.05, 3.63) is 42.2 Å². The Hall–Kier alpha value is -1.73. The molecule has 3 rings (SSSR count). The Bertz CT molecular complexity index is 733. The molecule has 0 aliphatic carbocycles. The van der Waals surface area contributed by atoms with Gasteiger partial charge in [-0.05, 0) is 37.5 Å². The lowest BCUT2D eigenvalue weighted by Gasteiger charge is -2.31. The van der Waals surface area contributed by atoms with Crippen molar-refractivity contribution in [2.45, 2.75) is 42.7 Å². The normalized spacial score (nSPS) is 23.3. The summed E-state index contributed by atoms with van der Waals surface area (Å²) in [4.78, 5) is 14.1. The Kier molecular flexibility index (Phi) is 4.50. The van der Waals surface area contributed by atoms with Crippen molar-refractivity contribution in [1.82, 2.24) is 9.62 Å². The first-order valence-electron chi connectivity index (χ1n) is 7.70. The summed E-state index contributed by atoms with van der Waals surface area (Å²) >= 11 is 0. The molecule has 7 heteroatoms. The molecule has 1 N–H and O–H groups in total. The number of halogens is 1. The summed E-state index contributed by atoms with van der Waals surface area (Å²) in [6.45, 7) is 0.0112. The maximum Gasteiger partial charge on any atom is 0.240 e. The third kappa shape index (κ3) is 3.45. The highest BCUT2D eigenvalue weighted by atomic mass is 32.2. The Morgan fingerprint density at radius 1 is 1.35 bits per heavy atom. The first-order valence-corrected chi connectivity index (χ1v) is 9.19. The number of sulfonamides is 1. The molecule has 2 unspecified atom stereocenters. The monoisotopic (exact) mass is 338 g/mol. The highest BCUT2D eigenvalue weighted by molar-refractivity contribution is 7.89. The van der Waals surface area contributed by atoms with E-state index in [1.54, 1.807) is 0 Å². The van der Waals surface area contributed by atoms with Crippen LogP contribution in [0.3, 0.4) is 0 Å². The number of nitrogens with zero attached hydrogens (tertiary/aromatic N) is 1. The van der Waals surface area contributed by atoms with Crippen molar-refractivity contribution in [2.24, 2.45) is 0 Å². The quantitative estimate of drug-likeness (QED) is 0.833. The summed E-state index contributed by atoms with van der Waals surface area (Å²) in [5.74, 6) is -0.649. The van der Waals surface area contributed by atoms with E-state index in [0.29, 0.717) is 0 Å². The lowest BCUT2D eigenvalue weighted by Crippen LogP contribution is -2.43. The zero-order chi connectivity index (χ0) is 16.4. The zero-order valence-corrected chi connectivity index (χ0v) is 13.4. The summed E-state index contributed by atoms with van der Waals surface area (Å²) in [5.41, 5.74) is 0. The van der Waals surface area contributed by atoms with Gasteiger partial charge in [0.25, 0.3) is 0 Å². The number of amides is 1. The molecule has 2 aliphatic heterocycles. The van der Waals surface area contributed by atoms with Crippen molar-refractivity contribution in [2.75, 3.05) is 6.54 Å². The SMILES string of the molecule is O=C(CCNS(=O)(=O)c1cccc(F)c1)N1C2C=CCC1CC2. The Balaban J connectivity index is 1.57. The summed E-state index contributed by atoms with van der Waals surface area (Å²) in [5, 5.41) is 0. The number of carbonyl (C=O) groups is 1. The van der Waals surface area contributed by atoms with Gasteiger partial charge in [-0.3, -0.25) is 4.79 Å². The van der Waals surface area contributed by atoms with Crippen molar-refractivity contribution in [3.63, 3.8) is 0 Å². The van der Waals surface area contributed by atoms with Crippen molar-refractivity contribution < 1.29 is 17.6 Å². The van der Waals surface area contributed by atoms with Gasteiger partial charge in [-0.1, -0.05) is 18.2 Å². The van der Waals surface area contributed by atoms with Gasteiger partial charge in [0.15, 0.2) is 0 Å². The second kappa shape index (κ2) is 6.41. The number of hydrogen-bond acceptors (Lipinski definition) is 3. The Labute approximate surface area is 135 Å². The van der Waals surface area contributed by atoms with E-state index in [-0.39, 0.29) is 35.9 Å². The van der Waals surface area contributed by atoms with Crippen LogP contribution in [-0.2, 0) is 14.8 Å². The van der Waals surface area contributed by atoms with E-state index < -0.39 is 15.8 Å². The highest BCUT2D eigenvalue weighted by Crippen LogP contribution is 2.31. The average molecular weight is 338 g/mol. The smallest absolute Gasteiger partial charge is 0.240 e. The van der Waals surface area contributed by atoms with Crippen molar-refractivity contribution in [1.29, 1.82) is 0 Å².